The second-order valence-electron chi connectivity index (χ2n) is 13.8. The summed E-state index contributed by atoms with van der Waals surface area (Å²) in [4.78, 5) is 22.7. The standard InChI is InChI=1S/C43H79N2O6P/c1-3-5-7-9-11-13-15-17-19-20-21-22-23-25-27-29-31-33-35-37-43(47)45-41(40-51-52(48,49)50-39-38-44)42(46)36-34-32-30-28-26-24-18-16-14-12-10-8-6-4-2/h5,7,11,13,17,19,21-22,25,27,41-42,46H,3-4,6,8-10,12,14-16,18,20,23-24,26,28-40,44H2,1-2H3,(H,45,47)(H,48,49)/b7-5-,13-11-,19-17-,22-21-,27-25-. The van der Waals surface area contributed by atoms with Crippen molar-refractivity contribution < 1.29 is 28.4 Å². The number of phosphoric ester groups is 1. The van der Waals surface area contributed by atoms with Crippen molar-refractivity contribution >= 4 is 13.7 Å². The number of allylic oxidation sites excluding steroid dienone is 10. The molecule has 52 heavy (non-hydrogen) atoms. The zero-order valence-electron chi connectivity index (χ0n) is 33.3. The van der Waals surface area contributed by atoms with Crippen LogP contribution >= 0.6 is 7.82 Å². The minimum atomic E-state index is -4.33. The molecule has 0 rings (SSSR count). The number of carbonyl (C=O) groups is 1. The number of unbranched alkanes of at least 4 members (excludes halogenated alkanes) is 16. The summed E-state index contributed by atoms with van der Waals surface area (Å²) >= 11 is 0. The van der Waals surface area contributed by atoms with Gasteiger partial charge in [0.1, 0.15) is 0 Å². The molecule has 0 saturated heterocycles. The van der Waals surface area contributed by atoms with Gasteiger partial charge in [-0.15, -0.1) is 0 Å². The van der Waals surface area contributed by atoms with E-state index in [0.29, 0.717) is 12.8 Å². The number of hydrogen-bond acceptors (Lipinski definition) is 6. The Morgan fingerprint density at radius 2 is 1.12 bits per heavy atom. The Morgan fingerprint density at radius 1 is 0.654 bits per heavy atom. The zero-order chi connectivity index (χ0) is 38.2. The highest BCUT2D eigenvalue weighted by Crippen LogP contribution is 2.43. The lowest BCUT2D eigenvalue weighted by atomic mass is 10.0. The molecule has 0 radical (unpaired) electrons. The number of phosphoric acid groups is 1. The molecular weight excluding hydrogens is 671 g/mol. The van der Waals surface area contributed by atoms with E-state index in [1.54, 1.807) is 0 Å². The Bertz CT molecular complexity index is 996. The number of aliphatic hydroxyl groups is 1. The van der Waals surface area contributed by atoms with Crippen LogP contribution in [-0.4, -0.2) is 47.8 Å². The summed E-state index contributed by atoms with van der Waals surface area (Å²) in [5.74, 6) is -0.195. The SMILES string of the molecule is CC/C=C\C/C=C\C/C=C\C/C=C\C/C=C\CCCCCC(=O)NC(COP(=O)(O)OCCN)C(O)CCCCCCCCCCCCCCCC. The third kappa shape index (κ3) is 36.6. The van der Waals surface area contributed by atoms with Gasteiger partial charge in [-0.05, 0) is 57.8 Å². The first-order valence-corrected chi connectivity index (χ1v) is 22.4. The first kappa shape index (κ1) is 50.2. The smallest absolute Gasteiger partial charge is 0.391 e. The first-order valence-electron chi connectivity index (χ1n) is 20.9. The van der Waals surface area contributed by atoms with Crippen LogP contribution < -0.4 is 11.1 Å². The Kier molecular flexibility index (Phi) is 37.6. The van der Waals surface area contributed by atoms with Gasteiger partial charge in [0.2, 0.25) is 5.91 Å². The predicted molar refractivity (Wildman–Crippen MR) is 221 cm³/mol. The maximum Gasteiger partial charge on any atom is 0.472 e. The summed E-state index contributed by atoms with van der Waals surface area (Å²) in [6.07, 6.45) is 47.9. The molecule has 0 aliphatic heterocycles. The van der Waals surface area contributed by atoms with E-state index in [-0.39, 0.29) is 25.7 Å². The number of hydrogen-bond donors (Lipinski definition) is 4. The van der Waals surface area contributed by atoms with Crippen LogP contribution in [0.1, 0.15) is 174 Å². The van der Waals surface area contributed by atoms with E-state index in [9.17, 15) is 19.4 Å². The van der Waals surface area contributed by atoms with Crippen LogP contribution in [0.15, 0.2) is 60.8 Å². The van der Waals surface area contributed by atoms with Gasteiger partial charge in [-0.1, -0.05) is 171 Å². The van der Waals surface area contributed by atoms with Gasteiger partial charge in [-0.3, -0.25) is 13.8 Å². The van der Waals surface area contributed by atoms with Crippen LogP contribution in [0.5, 0.6) is 0 Å². The Morgan fingerprint density at radius 3 is 1.62 bits per heavy atom. The molecule has 0 aromatic carbocycles. The highest BCUT2D eigenvalue weighted by Gasteiger charge is 2.27. The number of nitrogens with two attached hydrogens (primary N) is 1. The lowest BCUT2D eigenvalue weighted by Crippen LogP contribution is -2.46. The lowest BCUT2D eigenvalue weighted by molar-refractivity contribution is -0.123. The molecule has 5 N–H and O–H groups in total. The van der Waals surface area contributed by atoms with Gasteiger partial charge in [0.25, 0.3) is 0 Å². The Balaban J connectivity index is 4.28. The normalized spacial score (nSPS) is 14.8. The van der Waals surface area contributed by atoms with Crippen LogP contribution in [0.4, 0.5) is 0 Å². The molecule has 1 amide bonds. The van der Waals surface area contributed by atoms with E-state index in [2.05, 4.69) is 79.9 Å². The van der Waals surface area contributed by atoms with E-state index < -0.39 is 20.0 Å². The third-order valence-electron chi connectivity index (χ3n) is 8.89. The highest BCUT2D eigenvalue weighted by molar-refractivity contribution is 7.47. The second kappa shape index (κ2) is 38.9. The first-order chi connectivity index (χ1) is 25.4. The van der Waals surface area contributed by atoms with Crippen LogP contribution in [0, 0.1) is 0 Å². The van der Waals surface area contributed by atoms with Gasteiger partial charge in [0.05, 0.1) is 25.4 Å². The van der Waals surface area contributed by atoms with Gasteiger partial charge in [0.15, 0.2) is 0 Å². The van der Waals surface area contributed by atoms with Crippen LogP contribution in [0.25, 0.3) is 0 Å². The molecule has 3 atom stereocenters. The highest BCUT2D eigenvalue weighted by atomic mass is 31.2. The molecule has 0 aromatic heterocycles. The lowest BCUT2D eigenvalue weighted by Gasteiger charge is -2.25. The van der Waals surface area contributed by atoms with E-state index in [1.165, 1.54) is 70.6 Å². The fraction of sp³-hybridized carbons (Fsp3) is 0.744. The monoisotopic (exact) mass is 751 g/mol. The molecule has 0 aromatic rings. The van der Waals surface area contributed by atoms with Crippen molar-refractivity contribution in [1.82, 2.24) is 5.32 Å². The molecule has 0 spiro atoms. The predicted octanol–water partition coefficient (Wildman–Crippen LogP) is 11.5. The number of nitrogens with one attached hydrogen (secondary N) is 1. The molecule has 0 bridgehead atoms. The fourth-order valence-corrected chi connectivity index (χ4v) is 6.51. The van der Waals surface area contributed by atoms with Crippen LogP contribution in [-0.2, 0) is 18.4 Å². The van der Waals surface area contributed by atoms with Crippen molar-refractivity contribution in [2.24, 2.45) is 5.73 Å². The fourth-order valence-electron chi connectivity index (χ4n) is 5.75. The summed E-state index contributed by atoms with van der Waals surface area (Å²) in [5.41, 5.74) is 5.37. The van der Waals surface area contributed by atoms with Gasteiger partial charge < -0.3 is 21.1 Å². The molecule has 302 valence electrons. The van der Waals surface area contributed by atoms with E-state index in [1.807, 2.05) is 0 Å². The largest absolute Gasteiger partial charge is 0.472 e. The summed E-state index contributed by atoms with van der Waals surface area (Å²) in [6.45, 7) is 4.05. The van der Waals surface area contributed by atoms with Crippen molar-refractivity contribution in [3.63, 3.8) is 0 Å². The van der Waals surface area contributed by atoms with E-state index in [0.717, 1.165) is 77.0 Å². The van der Waals surface area contributed by atoms with Gasteiger partial charge in [-0.2, -0.15) is 0 Å². The van der Waals surface area contributed by atoms with Crippen molar-refractivity contribution in [3.8, 4) is 0 Å². The maximum atomic E-state index is 12.7. The molecule has 0 aliphatic rings. The van der Waals surface area contributed by atoms with Gasteiger partial charge >= 0.3 is 7.82 Å². The average Bonchev–Trinajstić information content (AvgIpc) is 3.13. The second-order valence-corrected chi connectivity index (χ2v) is 15.3. The van der Waals surface area contributed by atoms with Gasteiger partial charge in [-0.25, -0.2) is 4.57 Å². The van der Waals surface area contributed by atoms with E-state index >= 15 is 0 Å². The summed E-state index contributed by atoms with van der Waals surface area (Å²) in [7, 11) is -4.33. The summed E-state index contributed by atoms with van der Waals surface area (Å²) in [6, 6.07) is -0.794. The van der Waals surface area contributed by atoms with Crippen LogP contribution in [0.3, 0.4) is 0 Å². The molecule has 8 nitrogen and oxygen atoms in total. The Hall–Kier alpha value is -1.80. The summed E-state index contributed by atoms with van der Waals surface area (Å²) in [5, 5.41) is 13.8. The Labute approximate surface area is 319 Å². The number of aliphatic hydroxyl groups excluding tert-OH is 1. The number of amides is 1. The zero-order valence-corrected chi connectivity index (χ0v) is 34.2. The molecule has 0 aliphatic carbocycles. The molecule has 3 unspecified atom stereocenters. The molecule has 0 heterocycles. The summed E-state index contributed by atoms with van der Waals surface area (Å²) < 4.78 is 22.1. The minimum Gasteiger partial charge on any atom is -0.391 e. The molecular formula is C43H79N2O6P. The number of rotatable bonds is 38. The quantitative estimate of drug-likeness (QED) is 0.0281. The molecule has 9 heteroatoms. The molecule has 0 saturated carbocycles. The number of carbonyl (C=O) groups excluding carboxylic acids is 1. The maximum absolute atomic E-state index is 12.7. The van der Waals surface area contributed by atoms with Crippen molar-refractivity contribution in [1.29, 1.82) is 0 Å². The molecule has 0 fully saturated rings. The van der Waals surface area contributed by atoms with E-state index in [4.69, 9.17) is 14.8 Å². The average molecular weight is 751 g/mol. The minimum absolute atomic E-state index is 0.0803. The van der Waals surface area contributed by atoms with Crippen molar-refractivity contribution in [2.45, 2.75) is 187 Å². The third-order valence-corrected chi connectivity index (χ3v) is 9.87. The van der Waals surface area contributed by atoms with Crippen LogP contribution in [0.2, 0.25) is 0 Å². The van der Waals surface area contributed by atoms with Crippen molar-refractivity contribution in [3.05, 3.63) is 60.8 Å². The topological polar surface area (TPSA) is 131 Å². The van der Waals surface area contributed by atoms with Crippen molar-refractivity contribution in [2.75, 3.05) is 19.8 Å². The van der Waals surface area contributed by atoms with Gasteiger partial charge in [0, 0.05) is 13.0 Å².